The van der Waals surface area contributed by atoms with E-state index in [0.717, 1.165) is 0 Å². The summed E-state index contributed by atoms with van der Waals surface area (Å²) in [5, 5.41) is 11.1. The van der Waals surface area contributed by atoms with Crippen LogP contribution in [0.3, 0.4) is 0 Å². The number of nitrogens with one attached hydrogen (secondary N) is 1. The molecule has 1 aliphatic heterocycles. The minimum atomic E-state index is -0.858. The topological polar surface area (TPSA) is 69.6 Å². The number of hydrogen-bond donors (Lipinski definition) is 2. The fraction of sp³-hybridized carbons (Fsp3) is 0.818. The highest BCUT2D eigenvalue weighted by molar-refractivity contribution is 5.74. The van der Waals surface area contributed by atoms with Gasteiger partial charge in [-0.1, -0.05) is 0 Å². The molecule has 2 amide bonds. The monoisotopic (exact) mass is 246 g/mol. The molecule has 1 aliphatic rings. The molecule has 0 aromatic rings. The molecule has 1 saturated heterocycles. The lowest BCUT2D eigenvalue weighted by Crippen LogP contribution is -2.45. The van der Waals surface area contributed by atoms with Gasteiger partial charge in [0.25, 0.3) is 0 Å². The Bertz CT molecular complexity index is 265. The quantitative estimate of drug-likeness (QED) is 0.717. The fourth-order valence-corrected chi connectivity index (χ4v) is 1.84. The molecule has 0 spiro atoms. The molecule has 0 bridgehead atoms. The van der Waals surface area contributed by atoms with Crippen LogP contribution in [0.5, 0.6) is 0 Å². The number of likely N-dealkylation sites (tertiary alicyclic amines) is 1. The van der Waals surface area contributed by atoms with Crippen molar-refractivity contribution >= 4 is 12.0 Å². The third-order valence-electron chi connectivity index (χ3n) is 2.96. The van der Waals surface area contributed by atoms with Gasteiger partial charge >= 0.3 is 12.0 Å². The SMILES string of the molecule is O=C(O)CCCNC(=O)N1CCC(CF)CC1. The van der Waals surface area contributed by atoms with Crippen LogP contribution in [0.4, 0.5) is 9.18 Å². The van der Waals surface area contributed by atoms with Crippen molar-refractivity contribution in [1.82, 2.24) is 10.2 Å². The van der Waals surface area contributed by atoms with Gasteiger partial charge < -0.3 is 15.3 Å². The Kier molecular flexibility index (Phi) is 5.72. The van der Waals surface area contributed by atoms with Crippen LogP contribution >= 0.6 is 0 Å². The van der Waals surface area contributed by atoms with Crippen molar-refractivity contribution in [3.63, 3.8) is 0 Å². The molecule has 1 rings (SSSR count). The summed E-state index contributed by atoms with van der Waals surface area (Å²) in [5.41, 5.74) is 0. The van der Waals surface area contributed by atoms with Crippen LogP contribution in [0.25, 0.3) is 0 Å². The zero-order valence-corrected chi connectivity index (χ0v) is 9.82. The summed E-state index contributed by atoms with van der Waals surface area (Å²) in [6, 6.07) is -0.173. The third-order valence-corrected chi connectivity index (χ3v) is 2.96. The summed E-state index contributed by atoms with van der Waals surface area (Å²) in [5.74, 6) is -0.769. The van der Waals surface area contributed by atoms with Crippen molar-refractivity contribution in [3.8, 4) is 0 Å². The summed E-state index contributed by atoms with van der Waals surface area (Å²) in [6.07, 6.45) is 1.91. The van der Waals surface area contributed by atoms with E-state index >= 15 is 0 Å². The van der Waals surface area contributed by atoms with Gasteiger partial charge in [-0.3, -0.25) is 9.18 Å². The predicted octanol–water partition coefficient (Wildman–Crippen LogP) is 1.24. The highest BCUT2D eigenvalue weighted by Gasteiger charge is 2.22. The van der Waals surface area contributed by atoms with E-state index in [1.54, 1.807) is 4.90 Å². The first-order chi connectivity index (χ1) is 8.13. The van der Waals surface area contributed by atoms with Gasteiger partial charge in [-0.15, -0.1) is 0 Å². The van der Waals surface area contributed by atoms with Crippen LogP contribution in [0.1, 0.15) is 25.7 Å². The number of aliphatic carboxylic acids is 1. The standard InChI is InChI=1S/C11H19FN2O3/c12-8-9-3-6-14(7-4-9)11(17)13-5-1-2-10(15)16/h9H,1-8H2,(H,13,17)(H,15,16). The van der Waals surface area contributed by atoms with E-state index < -0.39 is 5.97 Å². The van der Waals surface area contributed by atoms with Crippen molar-refractivity contribution < 1.29 is 19.1 Å². The van der Waals surface area contributed by atoms with Crippen LogP contribution in [-0.4, -0.2) is 48.3 Å². The Balaban J connectivity index is 2.14. The minimum absolute atomic E-state index is 0.0597. The van der Waals surface area contributed by atoms with Gasteiger partial charge in [0.15, 0.2) is 0 Å². The molecule has 5 nitrogen and oxygen atoms in total. The maximum absolute atomic E-state index is 12.4. The molecule has 1 heterocycles. The highest BCUT2D eigenvalue weighted by atomic mass is 19.1. The van der Waals surface area contributed by atoms with Gasteiger partial charge in [-0.25, -0.2) is 4.79 Å². The Morgan fingerprint density at radius 2 is 2.00 bits per heavy atom. The fourth-order valence-electron chi connectivity index (χ4n) is 1.84. The van der Waals surface area contributed by atoms with E-state index in [2.05, 4.69) is 5.32 Å². The molecular weight excluding hydrogens is 227 g/mol. The third kappa shape index (κ3) is 5.01. The van der Waals surface area contributed by atoms with Crippen LogP contribution in [-0.2, 0) is 4.79 Å². The van der Waals surface area contributed by atoms with E-state index in [4.69, 9.17) is 5.11 Å². The molecule has 2 N–H and O–H groups in total. The molecule has 0 saturated carbocycles. The van der Waals surface area contributed by atoms with Crippen LogP contribution in [0.2, 0.25) is 0 Å². The number of halogens is 1. The maximum Gasteiger partial charge on any atom is 0.317 e. The summed E-state index contributed by atoms with van der Waals surface area (Å²) < 4.78 is 12.4. The van der Waals surface area contributed by atoms with Gasteiger partial charge in [-0.2, -0.15) is 0 Å². The van der Waals surface area contributed by atoms with Crippen molar-refractivity contribution in [2.24, 2.45) is 5.92 Å². The van der Waals surface area contributed by atoms with Crippen molar-refractivity contribution in [3.05, 3.63) is 0 Å². The van der Waals surface area contributed by atoms with E-state index in [0.29, 0.717) is 38.9 Å². The Labute approximate surface area is 100.0 Å². The Morgan fingerprint density at radius 1 is 1.35 bits per heavy atom. The first-order valence-corrected chi connectivity index (χ1v) is 5.94. The van der Waals surface area contributed by atoms with Gasteiger partial charge in [0.2, 0.25) is 0 Å². The summed E-state index contributed by atoms with van der Waals surface area (Å²) in [7, 11) is 0. The molecule has 98 valence electrons. The zero-order chi connectivity index (χ0) is 12.7. The molecule has 0 aromatic heterocycles. The summed E-state index contributed by atoms with van der Waals surface area (Å²) in [4.78, 5) is 23.5. The number of amides is 2. The van der Waals surface area contributed by atoms with Crippen LogP contribution in [0, 0.1) is 5.92 Å². The lowest BCUT2D eigenvalue weighted by Gasteiger charge is -2.30. The van der Waals surface area contributed by atoms with E-state index in [1.165, 1.54) is 0 Å². The number of carboxylic acids is 1. The zero-order valence-electron chi connectivity index (χ0n) is 9.82. The molecule has 0 atom stereocenters. The average Bonchev–Trinajstić information content (AvgIpc) is 2.34. The number of piperidine rings is 1. The molecule has 0 aliphatic carbocycles. The minimum Gasteiger partial charge on any atom is -0.481 e. The van der Waals surface area contributed by atoms with Crippen molar-refractivity contribution in [2.45, 2.75) is 25.7 Å². The van der Waals surface area contributed by atoms with Gasteiger partial charge in [0.1, 0.15) is 0 Å². The van der Waals surface area contributed by atoms with Gasteiger partial charge in [-0.05, 0) is 25.2 Å². The Morgan fingerprint density at radius 3 is 2.53 bits per heavy atom. The first kappa shape index (κ1) is 13.7. The first-order valence-electron chi connectivity index (χ1n) is 5.94. The van der Waals surface area contributed by atoms with E-state index in [9.17, 15) is 14.0 Å². The largest absolute Gasteiger partial charge is 0.481 e. The maximum atomic E-state index is 12.4. The smallest absolute Gasteiger partial charge is 0.317 e. The lowest BCUT2D eigenvalue weighted by molar-refractivity contribution is -0.137. The van der Waals surface area contributed by atoms with Crippen molar-refractivity contribution in [2.75, 3.05) is 26.3 Å². The number of rotatable bonds is 5. The molecule has 0 radical (unpaired) electrons. The van der Waals surface area contributed by atoms with Crippen LogP contribution in [0.15, 0.2) is 0 Å². The molecular formula is C11H19FN2O3. The second-order valence-corrected chi connectivity index (χ2v) is 4.31. The lowest BCUT2D eigenvalue weighted by atomic mass is 9.99. The van der Waals surface area contributed by atoms with E-state index in [-0.39, 0.29) is 25.0 Å². The van der Waals surface area contributed by atoms with Crippen LogP contribution < -0.4 is 5.32 Å². The van der Waals surface area contributed by atoms with E-state index in [1.807, 2.05) is 0 Å². The molecule has 17 heavy (non-hydrogen) atoms. The number of hydrogen-bond acceptors (Lipinski definition) is 2. The predicted molar refractivity (Wildman–Crippen MR) is 60.5 cm³/mol. The average molecular weight is 246 g/mol. The Hall–Kier alpha value is -1.33. The van der Waals surface area contributed by atoms with Crippen molar-refractivity contribution in [1.29, 1.82) is 0 Å². The van der Waals surface area contributed by atoms with Gasteiger partial charge in [0, 0.05) is 26.1 Å². The number of carbonyl (C=O) groups excluding carboxylic acids is 1. The number of alkyl halides is 1. The summed E-state index contributed by atoms with van der Waals surface area (Å²) in [6.45, 7) is 1.22. The molecule has 1 fully saturated rings. The molecule has 0 unspecified atom stereocenters. The number of nitrogens with zero attached hydrogens (tertiary/aromatic N) is 1. The second-order valence-electron chi connectivity index (χ2n) is 4.31. The van der Waals surface area contributed by atoms with Gasteiger partial charge in [0.05, 0.1) is 6.67 Å². The molecule has 6 heteroatoms. The normalized spacial score (nSPS) is 16.9. The second kappa shape index (κ2) is 7.09. The summed E-state index contributed by atoms with van der Waals surface area (Å²) >= 11 is 0. The number of urea groups is 1. The number of carboxylic acid groups (broad SMARTS) is 1. The highest BCUT2D eigenvalue weighted by Crippen LogP contribution is 2.17. The number of carbonyl (C=O) groups is 2. The molecule has 0 aromatic carbocycles.